The van der Waals surface area contributed by atoms with Crippen molar-refractivity contribution in [2.75, 3.05) is 25.0 Å². The van der Waals surface area contributed by atoms with E-state index in [1.54, 1.807) is 31.9 Å². The Morgan fingerprint density at radius 2 is 2.05 bits per heavy atom. The van der Waals surface area contributed by atoms with Crippen LogP contribution in [0.2, 0.25) is 0 Å². The van der Waals surface area contributed by atoms with Gasteiger partial charge >= 0.3 is 0 Å². The van der Waals surface area contributed by atoms with Crippen molar-refractivity contribution in [1.29, 1.82) is 0 Å². The Bertz CT molecular complexity index is 402. The smallest absolute Gasteiger partial charge is 0.146 e. The minimum absolute atomic E-state index is 0.248. The molecule has 0 spiro atoms. The lowest BCUT2D eigenvalue weighted by Gasteiger charge is -2.29. The van der Waals surface area contributed by atoms with Crippen molar-refractivity contribution in [3.05, 3.63) is 29.6 Å². The van der Waals surface area contributed by atoms with Crippen LogP contribution in [0.15, 0.2) is 18.2 Å². The van der Waals surface area contributed by atoms with Gasteiger partial charge in [-0.25, -0.2) is 4.39 Å². The molecule has 3 nitrogen and oxygen atoms in total. The van der Waals surface area contributed by atoms with E-state index >= 15 is 0 Å². The predicted molar refractivity (Wildman–Crippen MR) is 78.0 cm³/mol. The van der Waals surface area contributed by atoms with Gasteiger partial charge in [0.25, 0.3) is 0 Å². The number of nitrogens with zero attached hydrogens (tertiary/aromatic N) is 1. The molecule has 0 heterocycles. The first-order valence-corrected chi connectivity index (χ1v) is 6.76. The fourth-order valence-corrected chi connectivity index (χ4v) is 2.19. The number of aliphatic hydroxyl groups is 1. The molecule has 0 saturated carbocycles. The number of anilines is 1. The minimum atomic E-state index is -0.856. The van der Waals surface area contributed by atoms with Crippen LogP contribution < -0.4 is 10.2 Å². The number of halogens is 1. The second kappa shape index (κ2) is 6.87. The summed E-state index contributed by atoms with van der Waals surface area (Å²) in [4.78, 5) is 1.78. The van der Waals surface area contributed by atoms with Crippen molar-refractivity contribution in [3.8, 4) is 0 Å². The first-order chi connectivity index (χ1) is 8.85. The van der Waals surface area contributed by atoms with Gasteiger partial charge in [0.15, 0.2) is 0 Å². The Morgan fingerprint density at radius 3 is 2.63 bits per heavy atom. The van der Waals surface area contributed by atoms with Crippen LogP contribution in [0.1, 0.15) is 32.8 Å². The van der Waals surface area contributed by atoms with Crippen molar-refractivity contribution in [2.24, 2.45) is 0 Å². The molecule has 0 atom stereocenters. The third-order valence-corrected chi connectivity index (χ3v) is 2.82. The van der Waals surface area contributed by atoms with Crippen LogP contribution in [0.4, 0.5) is 10.1 Å². The molecule has 1 aromatic rings. The molecule has 19 heavy (non-hydrogen) atoms. The lowest BCUT2D eigenvalue weighted by atomic mass is 10.1. The summed E-state index contributed by atoms with van der Waals surface area (Å²) in [7, 11) is 1.81. The Hall–Kier alpha value is -1.13. The molecule has 0 bridgehead atoms. The topological polar surface area (TPSA) is 35.5 Å². The van der Waals surface area contributed by atoms with Crippen molar-refractivity contribution >= 4 is 5.69 Å². The van der Waals surface area contributed by atoms with Gasteiger partial charge < -0.3 is 15.3 Å². The molecule has 4 heteroatoms. The van der Waals surface area contributed by atoms with Gasteiger partial charge in [0.2, 0.25) is 0 Å². The third-order valence-electron chi connectivity index (χ3n) is 2.82. The SMILES string of the molecule is CCCNCc1cccc(F)c1N(C)CC(C)(C)O. The van der Waals surface area contributed by atoms with Gasteiger partial charge in [-0.1, -0.05) is 19.1 Å². The molecule has 0 unspecified atom stereocenters. The van der Waals surface area contributed by atoms with E-state index in [0.717, 1.165) is 18.5 Å². The van der Waals surface area contributed by atoms with Crippen molar-refractivity contribution in [3.63, 3.8) is 0 Å². The molecular formula is C15H25FN2O. The lowest BCUT2D eigenvalue weighted by Crippen LogP contribution is -2.37. The number of nitrogens with one attached hydrogen (secondary N) is 1. The van der Waals surface area contributed by atoms with E-state index in [2.05, 4.69) is 12.2 Å². The molecule has 0 aliphatic heterocycles. The minimum Gasteiger partial charge on any atom is -0.389 e. The summed E-state index contributed by atoms with van der Waals surface area (Å²) in [5.41, 5.74) is 0.624. The van der Waals surface area contributed by atoms with Crippen molar-refractivity contribution in [2.45, 2.75) is 39.3 Å². The fraction of sp³-hybridized carbons (Fsp3) is 0.600. The first-order valence-electron chi connectivity index (χ1n) is 6.76. The Balaban J connectivity index is 2.90. The maximum atomic E-state index is 14.0. The molecule has 0 aliphatic rings. The van der Waals surface area contributed by atoms with Gasteiger partial charge in [0.1, 0.15) is 5.82 Å². The summed E-state index contributed by atoms with van der Waals surface area (Å²) < 4.78 is 14.0. The zero-order valence-corrected chi connectivity index (χ0v) is 12.3. The Morgan fingerprint density at radius 1 is 1.37 bits per heavy atom. The third kappa shape index (κ3) is 5.17. The van der Waals surface area contributed by atoms with Crippen LogP contribution in [0.3, 0.4) is 0 Å². The largest absolute Gasteiger partial charge is 0.389 e. The van der Waals surface area contributed by atoms with Gasteiger partial charge in [-0.3, -0.25) is 0 Å². The molecule has 2 N–H and O–H groups in total. The summed E-state index contributed by atoms with van der Waals surface area (Å²) in [6.45, 7) is 7.47. The number of hydrogen-bond acceptors (Lipinski definition) is 3. The van der Waals surface area contributed by atoms with Gasteiger partial charge in [0.05, 0.1) is 11.3 Å². The van der Waals surface area contributed by atoms with Crippen LogP contribution in [-0.4, -0.2) is 30.8 Å². The van der Waals surface area contributed by atoms with Crippen LogP contribution in [0, 0.1) is 5.82 Å². The fourth-order valence-electron chi connectivity index (χ4n) is 2.19. The molecule has 1 aromatic carbocycles. The van der Waals surface area contributed by atoms with Crippen molar-refractivity contribution in [1.82, 2.24) is 5.32 Å². The van der Waals surface area contributed by atoms with E-state index in [9.17, 15) is 9.50 Å². The van der Waals surface area contributed by atoms with Crippen molar-refractivity contribution < 1.29 is 9.50 Å². The maximum Gasteiger partial charge on any atom is 0.146 e. The highest BCUT2D eigenvalue weighted by Gasteiger charge is 2.20. The molecular weight excluding hydrogens is 243 g/mol. The number of hydrogen-bond donors (Lipinski definition) is 2. The standard InChI is InChI=1S/C15H25FN2O/c1-5-9-17-10-12-7-6-8-13(16)14(12)18(4)11-15(2,3)19/h6-8,17,19H,5,9-11H2,1-4H3. The van der Waals surface area contributed by atoms with E-state index in [-0.39, 0.29) is 5.82 Å². The summed E-state index contributed by atoms with van der Waals surface area (Å²) >= 11 is 0. The zero-order chi connectivity index (χ0) is 14.5. The number of benzene rings is 1. The Kier molecular flexibility index (Phi) is 5.76. The molecule has 0 amide bonds. The molecule has 0 saturated heterocycles. The van der Waals surface area contributed by atoms with E-state index in [1.807, 2.05) is 6.07 Å². The highest BCUT2D eigenvalue weighted by molar-refractivity contribution is 5.54. The molecule has 0 fully saturated rings. The predicted octanol–water partition coefficient (Wildman–Crippen LogP) is 2.53. The average molecular weight is 268 g/mol. The monoisotopic (exact) mass is 268 g/mol. The summed E-state index contributed by atoms with van der Waals surface area (Å²) in [5, 5.41) is 13.1. The number of rotatable bonds is 7. The highest BCUT2D eigenvalue weighted by atomic mass is 19.1. The number of para-hydroxylation sites is 1. The number of likely N-dealkylation sites (N-methyl/N-ethyl adjacent to an activating group) is 1. The normalized spacial score (nSPS) is 11.7. The van der Waals surface area contributed by atoms with Crippen LogP contribution in [0.5, 0.6) is 0 Å². The highest BCUT2D eigenvalue weighted by Crippen LogP contribution is 2.24. The lowest BCUT2D eigenvalue weighted by molar-refractivity contribution is 0.0884. The second-order valence-corrected chi connectivity index (χ2v) is 5.59. The van der Waals surface area contributed by atoms with Crippen LogP contribution in [0.25, 0.3) is 0 Å². The second-order valence-electron chi connectivity index (χ2n) is 5.59. The Labute approximate surface area is 115 Å². The molecule has 0 aliphatic carbocycles. The molecule has 108 valence electrons. The van der Waals surface area contributed by atoms with Gasteiger partial charge in [-0.05, 0) is 38.4 Å². The maximum absolute atomic E-state index is 14.0. The zero-order valence-electron chi connectivity index (χ0n) is 12.3. The first kappa shape index (κ1) is 15.9. The quantitative estimate of drug-likeness (QED) is 0.746. The van der Waals surface area contributed by atoms with E-state index in [4.69, 9.17) is 0 Å². The van der Waals surface area contributed by atoms with Crippen LogP contribution >= 0.6 is 0 Å². The van der Waals surface area contributed by atoms with Crippen LogP contribution in [-0.2, 0) is 6.54 Å². The summed E-state index contributed by atoms with van der Waals surface area (Å²) in [6, 6.07) is 5.10. The van der Waals surface area contributed by atoms with E-state index in [1.165, 1.54) is 6.07 Å². The average Bonchev–Trinajstić information content (AvgIpc) is 2.26. The molecule has 0 radical (unpaired) electrons. The van der Waals surface area contributed by atoms with Gasteiger partial charge in [0, 0.05) is 20.1 Å². The van der Waals surface area contributed by atoms with Gasteiger partial charge in [-0.2, -0.15) is 0 Å². The summed E-state index contributed by atoms with van der Waals surface area (Å²) in [5.74, 6) is -0.248. The molecule has 1 rings (SSSR count). The molecule has 0 aromatic heterocycles. The van der Waals surface area contributed by atoms with E-state index < -0.39 is 5.60 Å². The van der Waals surface area contributed by atoms with Gasteiger partial charge in [-0.15, -0.1) is 0 Å². The summed E-state index contributed by atoms with van der Waals surface area (Å²) in [6.07, 6.45) is 1.05. The van der Waals surface area contributed by atoms with E-state index in [0.29, 0.717) is 18.8 Å².